The molecule has 0 saturated heterocycles. The molecule has 22 heteroatoms. The monoisotopic (exact) mass is 981 g/mol. The van der Waals surface area contributed by atoms with Gasteiger partial charge in [0, 0.05) is 31.6 Å². The van der Waals surface area contributed by atoms with Crippen LogP contribution in [0, 0.1) is 35.0 Å². The number of amides is 7. The van der Waals surface area contributed by atoms with E-state index in [1.165, 1.54) is 31.2 Å². The molecule has 0 radical (unpaired) electrons. The van der Waals surface area contributed by atoms with Crippen LogP contribution in [0.2, 0.25) is 0 Å². The standard InChI is InChI=1S/C48H52F5N7O10/c1-25(2)41(60-44(63)34(57-26(3)61)15-8-9-21-56-47(66)68-24-33-31-13-6-4-11-29(31)30-12-5-7-14-32(30)33)45(64)59-35(16-10-22-55-46(54)65)43(62)58-28-19-17-27(18-20-28)23-69-48(67)70-42-39(52)37(50)36(49)38(51)40(42)53/h4-7,11-14,17-20,25,33-35,41H,8-10,15-16,21-24H2,1-3H3,(H,56,66)(H,57,61)(H,58,62)(H,59,64)(H,60,63)(H3,54,55,65)/t34-,35-,41-/m0/s1. The number of urea groups is 1. The second-order valence-electron chi connectivity index (χ2n) is 16.5. The Hall–Kier alpha value is -7.78. The number of rotatable bonds is 22. The number of halogens is 5. The number of anilines is 1. The van der Waals surface area contributed by atoms with E-state index in [1.807, 2.05) is 48.5 Å². The van der Waals surface area contributed by atoms with Crippen molar-refractivity contribution in [2.75, 3.05) is 25.0 Å². The van der Waals surface area contributed by atoms with Crippen LogP contribution in [0.25, 0.3) is 11.1 Å². The first-order valence-electron chi connectivity index (χ1n) is 22.1. The predicted molar refractivity (Wildman–Crippen MR) is 242 cm³/mol. The van der Waals surface area contributed by atoms with E-state index in [9.17, 15) is 55.5 Å². The summed E-state index contributed by atoms with van der Waals surface area (Å²) in [6, 6.07) is 17.0. The maximum Gasteiger partial charge on any atom is 0.514 e. The Morgan fingerprint density at radius 1 is 0.629 bits per heavy atom. The van der Waals surface area contributed by atoms with Crippen LogP contribution in [0.15, 0.2) is 72.8 Å². The zero-order valence-corrected chi connectivity index (χ0v) is 38.2. The van der Waals surface area contributed by atoms with E-state index >= 15 is 0 Å². The third-order valence-corrected chi connectivity index (χ3v) is 11.0. The van der Waals surface area contributed by atoms with Crippen molar-refractivity contribution in [1.29, 1.82) is 0 Å². The Bertz CT molecular complexity index is 2490. The van der Waals surface area contributed by atoms with Gasteiger partial charge in [0.05, 0.1) is 0 Å². The molecular weight excluding hydrogens is 930 g/mol. The molecule has 1 aliphatic carbocycles. The number of fused-ring (bicyclic) bond motifs is 3. The Morgan fingerprint density at radius 3 is 1.77 bits per heavy atom. The maximum absolute atomic E-state index is 13.9. The molecule has 0 aliphatic heterocycles. The summed E-state index contributed by atoms with van der Waals surface area (Å²) in [7, 11) is 0. The van der Waals surface area contributed by atoms with Crippen LogP contribution in [-0.2, 0) is 35.3 Å². The molecule has 0 fully saturated rings. The van der Waals surface area contributed by atoms with Gasteiger partial charge in [-0.25, -0.2) is 27.6 Å². The fourth-order valence-electron chi connectivity index (χ4n) is 7.51. The van der Waals surface area contributed by atoms with E-state index in [-0.39, 0.29) is 56.1 Å². The molecule has 70 heavy (non-hydrogen) atoms. The maximum atomic E-state index is 13.9. The van der Waals surface area contributed by atoms with Crippen molar-refractivity contribution in [3.05, 3.63) is 119 Å². The minimum atomic E-state index is -2.45. The number of benzene rings is 4. The van der Waals surface area contributed by atoms with Crippen LogP contribution in [0.4, 0.5) is 42.0 Å². The first kappa shape index (κ1) is 53.2. The van der Waals surface area contributed by atoms with Gasteiger partial charge in [0.25, 0.3) is 0 Å². The number of nitrogens with two attached hydrogens (primary N) is 1. The number of primary amides is 1. The zero-order valence-electron chi connectivity index (χ0n) is 38.2. The summed E-state index contributed by atoms with van der Waals surface area (Å²) >= 11 is 0. The minimum Gasteiger partial charge on any atom is -0.449 e. The first-order valence-corrected chi connectivity index (χ1v) is 22.1. The smallest absolute Gasteiger partial charge is 0.449 e. The Morgan fingerprint density at radius 2 is 1.19 bits per heavy atom. The summed E-state index contributed by atoms with van der Waals surface area (Å²) < 4.78 is 82.6. The van der Waals surface area contributed by atoms with E-state index in [0.717, 1.165) is 22.3 Å². The van der Waals surface area contributed by atoms with E-state index < -0.39 is 107 Å². The van der Waals surface area contributed by atoms with Gasteiger partial charge >= 0.3 is 18.3 Å². The quantitative estimate of drug-likeness (QED) is 0.0115. The highest BCUT2D eigenvalue weighted by Gasteiger charge is 2.33. The topological polar surface area (TPSA) is 245 Å². The van der Waals surface area contributed by atoms with Gasteiger partial charge in [-0.2, -0.15) is 8.78 Å². The molecule has 1 aliphatic rings. The van der Waals surface area contributed by atoms with Crippen LogP contribution in [0.1, 0.15) is 75.5 Å². The van der Waals surface area contributed by atoms with Crippen molar-refractivity contribution in [1.82, 2.24) is 26.6 Å². The number of unbranched alkanes of at least 4 members (excludes halogenated alkanes) is 1. The number of carbonyl (C=O) groups is 7. The molecule has 0 unspecified atom stereocenters. The average molecular weight is 982 g/mol. The SMILES string of the molecule is CC(=O)N[C@@H](CCCCNC(=O)OCC1c2ccccc2-c2ccccc21)C(=O)N[C@H](C(=O)N[C@@H](CCCNC(N)=O)C(=O)Nc1ccc(COC(=O)Oc2c(F)c(F)c(F)c(F)c2F)cc1)C(C)C. The van der Waals surface area contributed by atoms with E-state index in [2.05, 4.69) is 36.6 Å². The molecule has 4 aromatic carbocycles. The highest BCUT2D eigenvalue weighted by atomic mass is 19.2. The largest absolute Gasteiger partial charge is 0.514 e. The lowest BCUT2D eigenvalue weighted by Gasteiger charge is -2.27. The van der Waals surface area contributed by atoms with Gasteiger partial charge in [-0.3, -0.25) is 19.2 Å². The lowest BCUT2D eigenvalue weighted by Crippen LogP contribution is -2.57. The Kier molecular flexibility index (Phi) is 19.0. The summed E-state index contributed by atoms with van der Waals surface area (Å²) in [6.45, 7) is 4.35. The Balaban J connectivity index is 1.12. The summed E-state index contributed by atoms with van der Waals surface area (Å²) in [5.41, 5.74) is 9.91. The molecule has 0 spiro atoms. The minimum absolute atomic E-state index is 0.0215. The summed E-state index contributed by atoms with van der Waals surface area (Å²) in [6.07, 6.45) is -1.30. The number of nitrogens with one attached hydrogen (secondary N) is 6. The van der Waals surface area contributed by atoms with Gasteiger partial charge in [-0.05, 0) is 78.0 Å². The molecule has 7 amide bonds. The van der Waals surface area contributed by atoms with Crippen LogP contribution in [-0.4, -0.2) is 79.7 Å². The van der Waals surface area contributed by atoms with E-state index in [1.54, 1.807) is 13.8 Å². The number of hydrogen-bond donors (Lipinski definition) is 7. The van der Waals surface area contributed by atoms with Gasteiger partial charge in [-0.15, -0.1) is 0 Å². The second kappa shape index (κ2) is 25.0. The molecule has 8 N–H and O–H groups in total. The Labute approximate surface area is 398 Å². The average Bonchev–Trinajstić information content (AvgIpc) is 3.65. The lowest BCUT2D eigenvalue weighted by atomic mass is 9.98. The third-order valence-electron chi connectivity index (χ3n) is 11.0. The van der Waals surface area contributed by atoms with Crippen molar-refractivity contribution >= 4 is 47.6 Å². The highest BCUT2D eigenvalue weighted by Crippen LogP contribution is 2.44. The van der Waals surface area contributed by atoms with Gasteiger partial charge in [0.15, 0.2) is 0 Å². The van der Waals surface area contributed by atoms with Crippen molar-refractivity contribution in [2.24, 2.45) is 11.7 Å². The summed E-state index contributed by atoms with van der Waals surface area (Å²) in [5, 5.41) is 15.6. The number of ether oxygens (including phenoxy) is 3. The van der Waals surface area contributed by atoms with Crippen LogP contribution in [0.5, 0.6) is 5.75 Å². The fourth-order valence-corrected chi connectivity index (χ4v) is 7.51. The molecule has 0 heterocycles. The van der Waals surface area contributed by atoms with Gasteiger partial charge in [-0.1, -0.05) is 74.5 Å². The van der Waals surface area contributed by atoms with Crippen molar-refractivity contribution in [3.63, 3.8) is 0 Å². The van der Waals surface area contributed by atoms with E-state index in [4.69, 9.17) is 15.2 Å². The second-order valence-corrected chi connectivity index (χ2v) is 16.5. The lowest BCUT2D eigenvalue weighted by molar-refractivity contribution is -0.133. The molecule has 17 nitrogen and oxygen atoms in total. The van der Waals surface area contributed by atoms with Crippen LogP contribution >= 0.6 is 0 Å². The first-order chi connectivity index (χ1) is 33.4. The van der Waals surface area contributed by atoms with Crippen molar-refractivity contribution < 1.29 is 69.7 Å². The third kappa shape index (κ3) is 14.4. The van der Waals surface area contributed by atoms with E-state index in [0.29, 0.717) is 12.8 Å². The van der Waals surface area contributed by atoms with Crippen LogP contribution in [0.3, 0.4) is 0 Å². The van der Waals surface area contributed by atoms with Crippen molar-refractivity contribution in [2.45, 2.75) is 83.5 Å². The molecule has 0 bridgehead atoms. The fraction of sp³-hybridized carbons (Fsp3) is 0.354. The number of hydrogen-bond acceptors (Lipinski definition) is 10. The molecular formula is C48H52F5N7O10. The highest BCUT2D eigenvalue weighted by molar-refractivity contribution is 5.99. The van der Waals surface area contributed by atoms with Crippen molar-refractivity contribution in [3.8, 4) is 16.9 Å². The number of alkyl carbamates (subject to hydrolysis) is 1. The molecule has 3 atom stereocenters. The van der Waals surface area contributed by atoms with Gasteiger partial charge in [0.1, 0.15) is 31.3 Å². The number of carbonyl (C=O) groups excluding carboxylic acids is 7. The van der Waals surface area contributed by atoms with Gasteiger partial charge < -0.3 is 51.8 Å². The van der Waals surface area contributed by atoms with Crippen LogP contribution < -0.4 is 42.4 Å². The molecule has 374 valence electrons. The molecule has 4 aromatic rings. The predicted octanol–water partition coefficient (Wildman–Crippen LogP) is 6.32. The molecule has 0 aromatic heterocycles. The molecule has 0 saturated carbocycles. The zero-order chi connectivity index (χ0) is 51.1. The van der Waals surface area contributed by atoms with Gasteiger partial charge in [0.2, 0.25) is 58.5 Å². The summed E-state index contributed by atoms with van der Waals surface area (Å²) in [5.74, 6) is -17.0. The molecule has 5 rings (SSSR count). The normalized spacial score (nSPS) is 12.9. The summed E-state index contributed by atoms with van der Waals surface area (Å²) in [4.78, 5) is 89.1.